The third-order valence-electron chi connectivity index (χ3n) is 3.48. The zero-order valence-electron chi connectivity index (χ0n) is 11.4. The van der Waals surface area contributed by atoms with E-state index in [1.54, 1.807) is 6.26 Å². The topological polar surface area (TPSA) is 34.4 Å². The summed E-state index contributed by atoms with van der Waals surface area (Å²) in [6.45, 7) is 2.61. The molecule has 3 nitrogen and oxygen atoms in total. The van der Waals surface area contributed by atoms with Crippen molar-refractivity contribution in [1.29, 1.82) is 0 Å². The fourth-order valence-electron chi connectivity index (χ4n) is 2.45. The van der Waals surface area contributed by atoms with Gasteiger partial charge in [-0.15, -0.1) is 0 Å². The molecule has 1 aliphatic heterocycles. The third-order valence-corrected chi connectivity index (χ3v) is 3.48. The molecule has 1 aromatic carbocycles. The Morgan fingerprint density at radius 1 is 1.20 bits per heavy atom. The SMILES string of the molecule is C(=C\c1ccco1)/CNCC1COc2ccccc2C1. The number of fused-ring (bicyclic) bond motifs is 1. The Balaban J connectivity index is 1.42. The van der Waals surface area contributed by atoms with Crippen LogP contribution < -0.4 is 10.1 Å². The van der Waals surface area contributed by atoms with Crippen molar-refractivity contribution in [2.75, 3.05) is 19.7 Å². The van der Waals surface area contributed by atoms with Crippen molar-refractivity contribution in [3.05, 3.63) is 60.1 Å². The summed E-state index contributed by atoms with van der Waals surface area (Å²) in [5.41, 5.74) is 1.32. The molecule has 0 saturated heterocycles. The van der Waals surface area contributed by atoms with Crippen molar-refractivity contribution in [2.45, 2.75) is 6.42 Å². The van der Waals surface area contributed by atoms with Gasteiger partial charge < -0.3 is 14.5 Å². The molecule has 2 heterocycles. The number of hydrogen-bond acceptors (Lipinski definition) is 3. The van der Waals surface area contributed by atoms with Crippen LogP contribution in [0.3, 0.4) is 0 Å². The van der Waals surface area contributed by atoms with Crippen LogP contribution in [0.15, 0.2) is 53.2 Å². The van der Waals surface area contributed by atoms with Crippen molar-refractivity contribution in [3.8, 4) is 5.75 Å². The average Bonchev–Trinajstić information content (AvgIpc) is 3.00. The van der Waals surface area contributed by atoms with Crippen molar-refractivity contribution >= 4 is 6.08 Å². The molecule has 0 spiro atoms. The van der Waals surface area contributed by atoms with E-state index in [0.29, 0.717) is 5.92 Å². The van der Waals surface area contributed by atoms with Gasteiger partial charge in [-0.05, 0) is 36.3 Å². The average molecular weight is 269 g/mol. The van der Waals surface area contributed by atoms with Gasteiger partial charge in [-0.3, -0.25) is 0 Å². The van der Waals surface area contributed by atoms with E-state index >= 15 is 0 Å². The van der Waals surface area contributed by atoms with Gasteiger partial charge in [0.2, 0.25) is 0 Å². The molecule has 20 heavy (non-hydrogen) atoms. The second kappa shape index (κ2) is 6.44. The molecule has 1 aliphatic rings. The van der Waals surface area contributed by atoms with Crippen molar-refractivity contribution < 1.29 is 9.15 Å². The molecule has 1 aromatic heterocycles. The minimum atomic E-state index is 0.543. The normalized spacial score (nSPS) is 17.9. The lowest BCUT2D eigenvalue weighted by Gasteiger charge is -2.25. The summed E-state index contributed by atoms with van der Waals surface area (Å²) in [7, 11) is 0. The van der Waals surface area contributed by atoms with Crippen LogP contribution in [-0.4, -0.2) is 19.7 Å². The molecule has 0 bridgehead atoms. The summed E-state index contributed by atoms with van der Waals surface area (Å²) in [6.07, 6.45) is 6.84. The van der Waals surface area contributed by atoms with Crippen molar-refractivity contribution in [3.63, 3.8) is 0 Å². The van der Waals surface area contributed by atoms with Gasteiger partial charge in [0.05, 0.1) is 12.9 Å². The maximum atomic E-state index is 5.78. The molecule has 0 amide bonds. The van der Waals surface area contributed by atoms with Crippen LogP contribution in [0.4, 0.5) is 0 Å². The highest BCUT2D eigenvalue weighted by Gasteiger charge is 2.18. The van der Waals surface area contributed by atoms with E-state index in [9.17, 15) is 0 Å². The molecule has 104 valence electrons. The Kier molecular flexibility index (Phi) is 4.19. The second-order valence-corrected chi connectivity index (χ2v) is 5.06. The number of para-hydroxylation sites is 1. The summed E-state index contributed by atoms with van der Waals surface area (Å²) >= 11 is 0. The standard InChI is InChI=1S/C17H19NO2/c1-2-8-17-15(5-1)11-14(13-20-17)12-18-9-3-6-16-7-4-10-19-16/h1-8,10,14,18H,9,11-13H2/b6-3+. The van der Waals surface area contributed by atoms with Gasteiger partial charge >= 0.3 is 0 Å². The predicted octanol–water partition coefficient (Wildman–Crippen LogP) is 3.13. The molecular weight excluding hydrogens is 250 g/mol. The van der Waals surface area contributed by atoms with E-state index < -0.39 is 0 Å². The van der Waals surface area contributed by atoms with Gasteiger partial charge in [-0.2, -0.15) is 0 Å². The molecule has 3 rings (SSSR count). The number of benzene rings is 1. The van der Waals surface area contributed by atoms with Crippen LogP contribution in [0.25, 0.3) is 6.08 Å². The fraction of sp³-hybridized carbons (Fsp3) is 0.294. The molecule has 1 N–H and O–H groups in total. The lowest BCUT2D eigenvalue weighted by atomic mass is 9.97. The molecule has 1 atom stereocenters. The van der Waals surface area contributed by atoms with Crippen LogP contribution in [0.1, 0.15) is 11.3 Å². The summed E-state index contributed by atoms with van der Waals surface area (Å²) in [6, 6.07) is 12.1. The summed E-state index contributed by atoms with van der Waals surface area (Å²) in [5, 5.41) is 3.44. The second-order valence-electron chi connectivity index (χ2n) is 5.06. The first-order chi connectivity index (χ1) is 9.92. The van der Waals surface area contributed by atoms with Gasteiger partial charge in [0, 0.05) is 19.0 Å². The molecule has 0 saturated carbocycles. The highest BCUT2D eigenvalue weighted by atomic mass is 16.5. The first-order valence-electron chi connectivity index (χ1n) is 7.03. The molecule has 0 fully saturated rings. The van der Waals surface area contributed by atoms with Crippen LogP contribution in [-0.2, 0) is 6.42 Å². The van der Waals surface area contributed by atoms with Gasteiger partial charge in [-0.1, -0.05) is 24.3 Å². The summed E-state index contributed by atoms with van der Waals surface area (Å²) < 4.78 is 11.0. The Morgan fingerprint density at radius 3 is 3.05 bits per heavy atom. The molecule has 2 aromatic rings. The Hall–Kier alpha value is -2.00. The molecule has 0 aliphatic carbocycles. The van der Waals surface area contributed by atoms with E-state index in [4.69, 9.17) is 9.15 Å². The third kappa shape index (κ3) is 3.31. The molecule has 0 radical (unpaired) electrons. The lowest BCUT2D eigenvalue weighted by molar-refractivity contribution is 0.219. The van der Waals surface area contributed by atoms with Gasteiger partial charge in [0.15, 0.2) is 0 Å². The van der Waals surface area contributed by atoms with Crippen LogP contribution in [0.2, 0.25) is 0 Å². The number of hydrogen-bond donors (Lipinski definition) is 1. The zero-order valence-corrected chi connectivity index (χ0v) is 11.4. The van der Waals surface area contributed by atoms with Gasteiger partial charge in [-0.25, -0.2) is 0 Å². The Bertz CT molecular complexity index is 560. The van der Waals surface area contributed by atoms with Crippen LogP contribution in [0.5, 0.6) is 5.75 Å². The minimum absolute atomic E-state index is 0.543. The number of furan rings is 1. The predicted molar refractivity (Wildman–Crippen MR) is 79.7 cm³/mol. The molecular formula is C17H19NO2. The van der Waals surface area contributed by atoms with Gasteiger partial charge in [0.25, 0.3) is 0 Å². The van der Waals surface area contributed by atoms with E-state index in [1.165, 1.54) is 5.56 Å². The van der Waals surface area contributed by atoms with E-state index in [2.05, 4.69) is 23.5 Å². The van der Waals surface area contributed by atoms with E-state index in [-0.39, 0.29) is 0 Å². The van der Waals surface area contributed by atoms with Crippen LogP contribution >= 0.6 is 0 Å². The highest BCUT2D eigenvalue weighted by molar-refractivity contribution is 5.42. The highest BCUT2D eigenvalue weighted by Crippen LogP contribution is 2.26. The van der Waals surface area contributed by atoms with E-state index in [0.717, 1.165) is 37.6 Å². The maximum absolute atomic E-state index is 5.78. The van der Waals surface area contributed by atoms with E-state index in [1.807, 2.05) is 30.3 Å². The Morgan fingerprint density at radius 2 is 2.15 bits per heavy atom. The fourth-order valence-corrected chi connectivity index (χ4v) is 2.45. The lowest BCUT2D eigenvalue weighted by Crippen LogP contribution is -2.31. The smallest absolute Gasteiger partial charge is 0.126 e. The Labute approximate surface area is 119 Å². The number of rotatable bonds is 5. The van der Waals surface area contributed by atoms with Crippen molar-refractivity contribution in [2.24, 2.45) is 5.92 Å². The molecule has 3 heteroatoms. The summed E-state index contributed by atoms with van der Waals surface area (Å²) in [5.74, 6) is 2.48. The number of ether oxygens (including phenoxy) is 1. The molecule has 1 unspecified atom stereocenters. The van der Waals surface area contributed by atoms with Gasteiger partial charge in [0.1, 0.15) is 11.5 Å². The first kappa shape index (κ1) is 13.0. The monoisotopic (exact) mass is 269 g/mol. The summed E-state index contributed by atoms with van der Waals surface area (Å²) in [4.78, 5) is 0. The maximum Gasteiger partial charge on any atom is 0.126 e. The van der Waals surface area contributed by atoms with Crippen LogP contribution in [0, 0.1) is 5.92 Å². The first-order valence-corrected chi connectivity index (χ1v) is 7.03. The minimum Gasteiger partial charge on any atom is -0.493 e. The van der Waals surface area contributed by atoms with Crippen molar-refractivity contribution in [1.82, 2.24) is 5.32 Å². The largest absolute Gasteiger partial charge is 0.493 e. The number of nitrogens with one attached hydrogen (secondary N) is 1. The quantitative estimate of drug-likeness (QED) is 0.847. The zero-order chi connectivity index (χ0) is 13.6.